The van der Waals surface area contributed by atoms with Crippen LogP contribution in [0.3, 0.4) is 0 Å². The summed E-state index contributed by atoms with van der Waals surface area (Å²) in [5.41, 5.74) is -3.62. The quantitative estimate of drug-likeness (QED) is 0.282. The Morgan fingerprint density at radius 1 is 1.13 bits per heavy atom. The second kappa shape index (κ2) is 9.33. The lowest BCUT2D eigenvalue weighted by atomic mass is 9.51. The number of likely N-dealkylation sites (N-methyl/N-ethyl adjacent to an activating group) is 1. The van der Waals surface area contributed by atoms with Gasteiger partial charge in [-0.25, -0.2) is 0 Å². The van der Waals surface area contributed by atoms with Crippen molar-refractivity contribution in [3.63, 3.8) is 0 Å². The van der Waals surface area contributed by atoms with Gasteiger partial charge < -0.3 is 31.1 Å². The molecule has 38 heavy (non-hydrogen) atoms. The maximum absolute atomic E-state index is 14.3. The number of carbonyl (C=O) groups is 4. The van der Waals surface area contributed by atoms with E-state index in [4.69, 9.17) is 0 Å². The summed E-state index contributed by atoms with van der Waals surface area (Å²) in [7, 11) is 4.86. The van der Waals surface area contributed by atoms with Gasteiger partial charge in [-0.3, -0.25) is 24.1 Å². The Hall–Kier alpha value is -3.54. The summed E-state index contributed by atoms with van der Waals surface area (Å²) in [6.45, 7) is 2.62. The third-order valence-corrected chi connectivity index (χ3v) is 8.07. The molecule has 0 aliphatic heterocycles. The average Bonchev–Trinajstić information content (AvgIpc) is 2.81. The number of nitrogens with zero attached hydrogens (tertiary/aromatic N) is 1. The maximum Gasteiger partial charge on any atom is 0.216 e. The van der Waals surface area contributed by atoms with E-state index in [1.807, 2.05) is 0 Å². The van der Waals surface area contributed by atoms with E-state index in [1.54, 1.807) is 27.2 Å². The molecule has 0 saturated heterocycles. The van der Waals surface area contributed by atoms with E-state index < -0.39 is 63.3 Å². The number of hydrogen-bond donors (Lipinski definition) is 6. The number of amides is 1. The lowest BCUT2D eigenvalue weighted by molar-refractivity contribution is -0.157. The Labute approximate surface area is 219 Å². The Morgan fingerprint density at radius 2 is 1.79 bits per heavy atom. The van der Waals surface area contributed by atoms with E-state index in [1.165, 1.54) is 17.9 Å². The van der Waals surface area contributed by atoms with Crippen LogP contribution in [0.4, 0.5) is 0 Å². The van der Waals surface area contributed by atoms with Crippen LogP contribution in [0, 0.1) is 11.3 Å². The minimum absolute atomic E-state index is 0.0212. The molecule has 0 bridgehead atoms. The van der Waals surface area contributed by atoms with Crippen LogP contribution in [0.25, 0.3) is 5.76 Å². The molecule has 4 rings (SSSR count). The molecule has 1 aromatic carbocycles. The van der Waals surface area contributed by atoms with Crippen molar-refractivity contribution >= 4 is 29.0 Å². The molecule has 11 heteroatoms. The molecule has 4 atom stereocenters. The topological polar surface area (TPSA) is 176 Å². The van der Waals surface area contributed by atoms with Gasteiger partial charge in [0.25, 0.3) is 0 Å². The summed E-state index contributed by atoms with van der Waals surface area (Å²) in [5, 5.41) is 51.0. The van der Waals surface area contributed by atoms with Crippen molar-refractivity contribution in [2.75, 3.05) is 27.7 Å². The largest absolute Gasteiger partial charge is 0.508 e. The van der Waals surface area contributed by atoms with Crippen LogP contribution in [0.5, 0.6) is 5.75 Å². The molecule has 3 aliphatic rings. The fraction of sp³-hybridized carbons (Fsp3) is 0.481. The number of rotatable bonds is 6. The first-order chi connectivity index (χ1) is 17.7. The first-order valence-electron chi connectivity index (χ1n) is 12.3. The minimum Gasteiger partial charge on any atom is -0.508 e. The van der Waals surface area contributed by atoms with Crippen molar-refractivity contribution in [1.82, 2.24) is 15.5 Å². The third-order valence-electron chi connectivity index (χ3n) is 8.07. The maximum atomic E-state index is 14.3. The number of ketones is 3. The molecular formula is C27H33N3O8. The normalized spacial score (nSPS) is 28.7. The van der Waals surface area contributed by atoms with Gasteiger partial charge in [-0.2, -0.15) is 0 Å². The summed E-state index contributed by atoms with van der Waals surface area (Å²) >= 11 is 0. The summed E-state index contributed by atoms with van der Waals surface area (Å²) in [6.07, 6.45) is -0.0169. The van der Waals surface area contributed by atoms with Gasteiger partial charge in [-0.1, -0.05) is 6.07 Å². The van der Waals surface area contributed by atoms with Crippen molar-refractivity contribution in [1.29, 1.82) is 0 Å². The fourth-order valence-corrected chi connectivity index (χ4v) is 6.47. The van der Waals surface area contributed by atoms with Crippen molar-refractivity contribution in [3.8, 4) is 5.75 Å². The Kier molecular flexibility index (Phi) is 6.75. The van der Waals surface area contributed by atoms with Gasteiger partial charge in [0.15, 0.2) is 17.2 Å². The average molecular weight is 528 g/mol. The fourth-order valence-electron chi connectivity index (χ4n) is 6.47. The predicted molar refractivity (Wildman–Crippen MR) is 136 cm³/mol. The van der Waals surface area contributed by atoms with E-state index in [-0.39, 0.29) is 36.3 Å². The molecule has 3 aliphatic carbocycles. The second-order valence-corrected chi connectivity index (χ2v) is 10.7. The van der Waals surface area contributed by atoms with Gasteiger partial charge >= 0.3 is 0 Å². The highest BCUT2D eigenvalue weighted by Gasteiger charge is 2.67. The van der Waals surface area contributed by atoms with Gasteiger partial charge in [0, 0.05) is 36.9 Å². The van der Waals surface area contributed by atoms with Gasteiger partial charge in [0.2, 0.25) is 11.7 Å². The molecule has 1 saturated carbocycles. The third kappa shape index (κ3) is 3.76. The number of nitrogens with one attached hydrogen (secondary N) is 2. The first kappa shape index (κ1) is 27.5. The molecule has 204 valence electrons. The predicted octanol–water partition coefficient (Wildman–Crippen LogP) is 0.293. The molecule has 6 N–H and O–H groups in total. The zero-order chi connectivity index (χ0) is 28.3. The van der Waals surface area contributed by atoms with E-state index in [9.17, 15) is 39.6 Å². The molecule has 0 radical (unpaired) electrons. The smallest absolute Gasteiger partial charge is 0.216 e. The summed E-state index contributed by atoms with van der Waals surface area (Å²) in [6, 6.07) is 1.93. The van der Waals surface area contributed by atoms with E-state index in [0.29, 0.717) is 12.1 Å². The van der Waals surface area contributed by atoms with Crippen LogP contribution in [-0.4, -0.2) is 87.9 Å². The molecule has 0 spiro atoms. The molecular weight excluding hydrogens is 494 g/mol. The molecule has 0 aromatic heterocycles. The van der Waals surface area contributed by atoms with E-state index >= 15 is 0 Å². The highest BCUT2D eigenvalue weighted by molar-refractivity contribution is 6.25. The molecule has 11 nitrogen and oxygen atoms in total. The number of aliphatic hydroxyl groups excluding tert-OH is 2. The Morgan fingerprint density at radius 3 is 2.34 bits per heavy atom. The van der Waals surface area contributed by atoms with Crippen LogP contribution in [0.2, 0.25) is 0 Å². The van der Waals surface area contributed by atoms with Crippen molar-refractivity contribution in [2.24, 2.45) is 11.3 Å². The number of phenols is 1. The molecule has 1 aromatic rings. The number of fused-ring (bicyclic) bond motifs is 3. The van der Waals surface area contributed by atoms with Crippen LogP contribution in [0.15, 0.2) is 29.0 Å². The standard InChI is InChI=1S/C27H33N3O8/c1-12(31)18-23(35)21(30(4)5)16-9-26(11-29-13(2)32)8-15-14(10-28-3)6-7-17(33)19(15)22(34)20(26)25(37)27(16,38)24(18)36/h6-7,16,21,28,33-34,36,38H,8-11H2,1-5H3,(H,29,32)/t16-,21-,26-,27+/m0/s1. The number of benzene rings is 1. The van der Waals surface area contributed by atoms with Crippen LogP contribution < -0.4 is 10.6 Å². The number of carbonyl (C=O) groups excluding carboxylic acids is 4. The van der Waals surface area contributed by atoms with Gasteiger partial charge in [-0.15, -0.1) is 0 Å². The minimum atomic E-state index is -2.69. The van der Waals surface area contributed by atoms with Crippen molar-refractivity contribution in [2.45, 2.75) is 44.9 Å². The molecule has 1 amide bonds. The molecule has 0 heterocycles. The van der Waals surface area contributed by atoms with Crippen molar-refractivity contribution in [3.05, 3.63) is 45.7 Å². The highest BCUT2D eigenvalue weighted by Crippen LogP contribution is 2.58. The van der Waals surface area contributed by atoms with Crippen LogP contribution >= 0.6 is 0 Å². The number of aliphatic hydroxyl groups is 3. The number of Topliss-reactive ketones (excluding diaryl/α,β-unsaturated/α-hetero) is 3. The lowest BCUT2D eigenvalue weighted by Crippen LogP contribution is -2.68. The second-order valence-electron chi connectivity index (χ2n) is 10.7. The number of phenolic OH excluding ortho intramolecular Hbond substituents is 1. The van der Waals surface area contributed by atoms with Crippen LogP contribution in [-0.2, 0) is 32.1 Å². The molecule has 0 unspecified atom stereocenters. The SMILES string of the molecule is CNCc1ccc(O)c2c1C[C@@]1(CNC(C)=O)C[C@H]3[C@H](N(C)C)C(=O)C(C(C)=O)=C(O)[C@@]3(O)C(=O)C1=C2O. The zero-order valence-corrected chi connectivity index (χ0v) is 22.0. The number of hydrogen-bond acceptors (Lipinski definition) is 10. The summed E-state index contributed by atoms with van der Waals surface area (Å²) in [4.78, 5) is 53.5. The van der Waals surface area contributed by atoms with Gasteiger partial charge in [0.1, 0.15) is 22.8 Å². The van der Waals surface area contributed by atoms with Gasteiger partial charge in [0.05, 0.1) is 11.6 Å². The van der Waals surface area contributed by atoms with E-state index in [0.717, 1.165) is 12.5 Å². The zero-order valence-electron chi connectivity index (χ0n) is 22.0. The first-order valence-corrected chi connectivity index (χ1v) is 12.3. The highest BCUT2D eigenvalue weighted by atomic mass is 16.3. The van der Waals surface area contributed by atoms with E-state index in [2.05, 4.69) is 10.6 Å². The Bertz CT molecular complexity index is 1330. The summed E-state index contributed by atoms with van der Waals surface area (Å²) < 4.78 is 0. The monoisotopic (exact) mass is 527 g/mol. The summed E-state index contributed by atoms with van der Waals surface area (Å²) in [5.74, 6) is -6.14. The molecule has 1 fully saturated rings. The Balaban J connectivity index is 2.07. The van der Waals surface area contributed by atoms with Crippen molar-refractivity contribution < 1.29 is 39.6 Å². The number of aromatic hydroxyl groups is 1. The van der Waals surface area contributed by atoms with Crippen LogP contribution in [0.1, 0.15) is 37.0 Å². The lowest BCUT2D eigenvalue weighted by Gasteiger charge is -2.55. The van der Waals surface area contributed by atoms with Gasteiger partial charge in [-0.05, 0) is 58.1 Å².